The molecule has 1 atom stereocenters. The fourth-order valence-electron chi connectivity index (χ4n) is 0.787. The molecule has 3 heteroatoms. The quantitative estimate of drug-likeness (QED) is 0.429. The number of hydrogen-bond donors (Lipinski definition) is 0. The maximum absolute atomic E-state index is 10.7. The molecule has 0 amide bonds. The zero-order valence-corrected chi connectivity index (χ0v) is 10.0. The minimum atomic E-state index is -0.288. The second-order valence-electron chi connectivity index (χ2n) is 2.96. The molecule has 10 heavy (non-hydrogen) atoms. The van der Waals surface area contributed by atoms with Crippen LogP contribution < -0.4 is 0 Å². The highest BCUT2D eigenvalue weighted by molar-refractivity contribution is 7.02. The first-order valence-electron chi connectivity index (χ1n) is 3.82. The molecule has 0 radical (unpaired) electrons. The number of carbonyl (C=O) groups is 1. The zero-order chi connectivity index (χ0) is 7.98. The highest BCUT2D eigenvalue weighted by Gasteiger charge is 1.98. The number of allylic oxidation sites excluding steroid dienone is 1. The smallest absolute Gasteiger partial charge is 0.155 e. The Morgan fingerprint density at radius 1 is 1.80 bits per heavy atom. The van der Waals surface area contributed by atoms with Crippen LogP contribution in [0.3, 0.4) is 0 Å². The van der Waals surface area contributed by atoms with Crippen molar-refractivity contribution in [3.05, 3.63) is 12.7 Å². The van der Waals surface area contributed by atoms with E-state index in [2.05, 4.69) is 13.1 Å². The van der Waals surface area contributed by atoms with E-state index in [4.69, 9.17) is 0 Å². The lowest BCUT2D eigenvalue weighted by Crippen LogP contribution is -2.06. The van der Waals surface area contributed by atoms with Crippen molar-refractivity contribution in [3.63, 3.8) is 0 Å². The van der Waals surface area contributed by atoms with Gasteiger partial charge >= 0.3 is 0 Å². The number of rotatable bonds is 5. The summed E-state index contributed by atoms with van der Waals surface area (Å²) in [6.45, 7) is 5.79. The van der Waals surface area contributed by atoms with Crippen LogP contribution in [0.5, 0.6) is 0 Å². The zero-order valence-electron chi connectivity index (χ0n) is 6.89. The van der Waals surface area contributed by atoms with Crippen LogP contribution in [0.1, 0.15) is 12.8 Å². The van der Waals surface area contributed by atoms with Crippen molar-refractivity contribution < 1.29 is 4.79 Å². The van der Waals surface area contributed by atoms with Crippen LogP contribution in [0.15, 0.2) is 12.7 Å². The summed E-state index contributed by atoms with van der Waals surface area (Å²) in [5.74, 6) is 0.205. The van der Waals surface area contributed by atoms with Gasteiger partial charge in [-0.25, -0.2) is 0 Å². The number of ketones is 1. The summed E-state index contributed by atoms with van der Waals surface area (Å²) in [6.07, 6.45) is 3.25. The Morgan fingerprint density at radius 2 is 2.40 bits per heavy atom. The average molecular weight is 172 g/mol. The molecule has 0 heterocycles. The average Bonchev–Trinajstić information content (AvgIpc) is 1.87. The highest BCUT2D eigenvalue weighted by Crippen LogP contribution is 1.99. The van der Waals surface area contributed by atoms with Gasteiger partial charge < -0.3 is 0 Å². The van der Waals surface area contributed by atoms with Crippen LogP contribution in [0.25, 0.3) is 0 Å². The molecular weight excluding hydrogens is 156 g/mol. The molecule has 1 nitrogen and oxygen atoms in total. The minimum Gasteiger partial charge on any atom is -0.295 e. The van der Waals surface area contributed by atoms with Crippen molar-refractivity contribution in [1.29, 1.82) is 0 Å². The SMILES string of the molecule is C=CC(=O)CCC[SiH](C)[SiH3]. The van der Waals surface area contributed by atoms with Crippen molar-refractivity contribution in [2.75, 3.05) is 0 Å². The molecule has 0 saturated carbocycles. The summed E-state index contributed by atoms with van der Waals surface area (Å²) in [7, 11) is 1.09. The first-order chi connectivity index (χ1) is 4.66. The maximum atomic E-state index is 10.7. The van der Waals surface area contributed by atoms with Gasteiger partial charge in [0.25, 0.3) is 0 Å². The van der Waals surface area contributed by atoms with Gasteiger partial charge in [0.05, 0.1) is 0 Å². The van der Waals surface area contributed by atoms with Gasteiger partial charge in [0.1, 0.15) is 0 Å². The van der Waals surface area contributed by atoms with Gasteiger partial charge in [-0.05, 0) is 22.3 Å². The molecule has 0 bridgehead atoms. The molecule has 58 valence electrons. The van der Waals surface area contributed by atoms with Crippen LogP contribution in [0.2, 0.25) is 12.6 Å². The molecule has 0 rings (SSSR count). The van der Waals surface area contributed by atoms with Gasteiger partial charge in [-0.1, -0.05) is 19.2 Å². The van der Waals surface area contributed by atoms with E-state index in [0.717, 1.165) is 12.8 Å². The predicted octanol–water partition coefficient (Wildman–Crippen LogP) is 0.241. The van der Waals surface area contributed by atoms with Crippen LogP contribution in [-0.4, -0.2) is 23.9 Å². The Balaban J connectivity index is 3.19. The summed E-state index contributed by atoms with van der Waals surface area (Å²) in [5, 5.41) is 0. The van der Waals surface area contributed by atoms with Crippen LogP contribution in [0.4, 0.5) is 0 Å². The molecule has 0 aliphatic heterocycles. The Hall–Kier alpha value is -0.156. The number of hydrogen-bond acceptors (Lipinski definition) is 1. The van der Waals surface area contributed by atoms with Crippen LogP contribution >= 0.6 is 0 Å². The van der Waals surface area contributed by atoms with Crippen molar-refractivity contribution in [3.8, 4) is 0 Å². The van der Waals surface area contributed by atoms with Crippen molar-refractivity contribution in [2.45, 2.75) is 25.4 Å². The van der Waals surface area contributed by atoms with Crippen molar-refractivity contribution in [2.24, 2.45) is 0 Å². The second kappa shape index (κ2) is 5.62. The van der Waals surface area contributed by atoms with E-state index < -0.39 is 0 Å². The summed E-state index contributed by atoms with van der Waals surface area (Å²) in [6, 6.07) is 1.34. The highest BCUT2D eigenvalue weighted by atomic mass is 29.1. The Kier molecular flexibility index (Phi) is 5.53. The third-order valence-corrected chi connectivity index (χ3v) is 4.73. The minimum absolute atomic E-state index is 0.205. The molecule has 0 saturated heterocycles. The maximum Gasteiger partial charge on any atom is 0.155 e. The summed E-state index contributed by atoms with van der Waals surface area (Å²) < 4.78 is 0. The fraction of sp³-hybridized carbons (Fsp3) is 0.571. The van der Waals surface area contributed by atoms with E-state index in [-0.39, 0.29) is 14.1 Å². The Labute approximate surface area is 67.3 Å². The van der Waals surface area contributed by atoms with Gasteiger partial charge in [-0.3, -0.25) is 4.79 Å². The van der Waals surface area contributed by atoms with Gasteiger partial charge in [0.2, 0.25) is 0 Å². The lowest BCUT2D eigenvalue weighted by Gasteiger charge is -1.99. The summed E-state index contributed by atoms with van der Waals surface area (Å²) in [5.41, 5.74) is 0. The predicted molar refractivity (Wildman–Crippen MR) is 52.2 cm³/mol. The van der Waals surface area contributed by atoms with Crippen molar-refractivity contribution in [1.82, 2.24) is 0 Å². The number of carbonyl (C=O) groups excluding carboxylic acids is 1. The molecule has 0 aromatic carbocycles. The van der Waals surface area contributed by atoms with Gasteiger partial charge in [0, 0.05) is 14.7 Å². The Bertz CT molecular complexity index is 121. The summed E-state index contributed by atoms with van der Waals surface area (Å²) in [4.78, 5) is 10.7. The first-order valence-corrected chi connectivity index (χ1v) is 10.4. The van der Waals surface area contributed by atoms with Crippen LogP contribution in [0, 0.1) is 0 Å². The van der Waals surface area contributed by atoms with Gasteiger partial charge in [-0.2, -0.15) is 0 Å². The van der Waals surface area contributed by atoms with Crippen molar-refractivity contribution >= 4 is 23.9 Å². The topological polar surface area (TPSA) is 17.1 Å². The lowest BCUT2D eigenvalue weighted by molar-refractivity contribution is -0.114. The molecule has 0 aliphatic carbocycles. The van der Waals surface area contributed by atoms with E-state index in [0.29, 0.717) is 0 Å². The lowest BCUT2D eigenvalue weighted by atomic mass is 10.2. The first kappa shape index (κ1) is 9.84. The molecule has 0 aliphatic rings. The van der Waals surface area contributed by atoms with E-state index in [1.807, 2.05) is 0 Å². The van der Waals surface area contributed by atoms with Gasteiger partial charge in [0.15, 0.2) is 5.78 Å². The Morgan fingerprint density at radius 3 is 2.80 bits per heavy atom. The molecule has 0 spiro atoms. The van der Waals surface area contributed by atoms with E-state index >= 15 is 0 Å². The molecule has 0 aromatic rings. The van der Waals surface area contributed by atoms with E-state index in [9.17, 15) is 4.79 Å². The molecule has 0 fully saturated rings. The third kappa shape index (κ3) is 5.97. The molecular formula is C7H16OSi2. The molecule has 1 unspecified atom stereocenters. The normalized spacial score (nSPS) is 12.9. The summed E-state index contributed by atoms with van der Waals surface area (Å²) >= 11 is 0. The van der Waals surface area contributed by atoms with E-state index in [1.54, 1.807) is 0 Å². The molecule has 0 N–H and O–H groups in total. The fourth-order valence-corrected chi connectivity index (χ4v) is 3.03. The second-order valence-corrected chi connectivity index (χ2v) is 12.2. The monoisotopic (exact) mass is 172 g/mol. The van der Waals surface area contributed by atoms with E-state index in [1.165, 1.54) is 21.9 Å². The largest absolute Gasteiger partial charge is 0.295 e. The van der Waals surface area contributed by atoms with Crippen LogP contribution in [-0.2, 0) is 4.79 Å². The van der Waals surface area contributed by atoms with Gasteiger partial charge in [-0.15, -0.1) is 0 Å². The standard InChI is InChI=1S/C7H16OSi2/c1-3-7(8)5-4-6-10(2)9/h3,10H,1,4-6H2,2,9H3. The third-order valence-electron chi connectivity index (χ3n) is 1.43. The molecule has 0 aromatic heterocycles.